The Morgan fingerprint density at radius 1 is 0.758 bits per heavy atom. The second kappa shape index (κ2) is 7.53. The molecule has 1 aliphatic rings. The first-order valence-corrected chi connectivity index (χ1v) is 9.68. The van der Waals surface area contributed by atoms with Crippen molar-refractivity contribution in [3.63, 3.8) is 0 Å². The van der Waals surface area contributed by atoms with E-state index < -0.39 is 53.6 Å². The first-order chi connectivity index (χ1) is 15.2. The van der Waals surface area contributed by atoms with Gasteiger partial charge in [-0.1, -0.05) is 18.2 Å². The lowest BCUT2D eigenvalue weighted by atomic mass is 9.77. The quantitative estimate of drug-likeness (QED) is 0.370. The number of benzene rings is 2. The zero-order valence-corrected chi connectivity index (χ0v) is 16.6. The average Bonchev–Trinajstić information content (AvgIpc) is 3.19. The van der Waals surface area contributed by atoms with Crippen LogP contribution in [0.1, 0.15) is 23.1 Å². The molecule has 2 heterocycles. The Morgan fingerprint density at radius 3 is 1.94 bits per heavy atom. The van der Waals surface area contributed by atoms with E-state index in [0.717, 1.165) is 5.39 Å². The Bertz CT molecular complexity index is 1150. The summed E-state index contributed by atoms with van der Waals surface area (Å²) in [5, 5.41) is 0.732. The Hall–Kier alpha value is -2.98. The van der Waals surface area contributed by atoms with Gasteiger partial charge in [0.15, 0.2) is 0 Å². The van der Waals surface area contributed by atoms with E-state index in [0.29, 0.717) is 5.52 Å². The third-order valence-corrected chi connectivity index (χ3v) is 5.86. The fourth-order valence-electron chi connectivity index (χ4n) is 4.10. The lowest BCUT2D eigenvalue weighted by molar-refractivity contribution is -0.185. The number of hydrogen-bond acceptors (Lipinski definition) is 2. The summed E-state index contributed by atoms with van der Waals surface area (Å²) in [5.41, 5.74) is -7.06. The normalized spacial score (nSPS) is 20.0. The van der Waals surface area contributed by atoms with Crippen LogP contribution in [0, 0.1) is 0 Å². The molecule has 1 atom stereocenters. The van der Waals surface area contributed by atoms with E-state index in [1.54, 1.807) is 30.3 Å². The molecule has 11 heteroatoms. The van der Waals surface area contributed by atoms with E-state index in [9.17, 15) is 39.5 Å². The molecule has 0 bridgehead atoms. The van der Waals surface area contributed by atoms with Gasteiger partial charge in [0.1, 0.15) is 11.2 Å². The number of halogens is 9. The van der Waals surface area contributed by atoms with Crippen molar-refractivity contribution < 1.29 is 39.5 Å². The fraction of sp³-hybridized carbons (Fsp3) is 0.318. The van der Waals surface area contributed by atoms with Crippen LogP contribution in [0.3, 0.4) is 0 Å². The highest BCUT2D eigenvalue weighted by Crippen LogP contribution is 2.50. The molecule has 2 nitrogen and oxygen atoms in total. The summed E-state index contributed by atoms with van der Waals surface area (Å²) >= 11 is 0. The Labute approximate surface area is 181 Å². The third kappa shape index (κ3) is 4.20. The van der Waals surface area contributed by atoms with Crippen LogP contribution in [0.5, 0.6) is 0 Å². The topological polar surface area (TPSA) is 16.1 Å². The lowest BCUT2D eigenvalue weighted by Gasteiger charge is -2.33. The van der Waals surface area contributed by atoms with Crippen molar-refractivity contribution in [2.45, 2.75) is 30.4 Å². The van der Waals surface area contributed by atoms with Gasteiger partial charge in [0, 0.05) is 18.5 Å². The molecule has 0 spiro atoms. The molecule has 2 aromatic carbocycles. The molecule has 0 amide bonds. The van der Waals surface area contributed by atoms with Gasteiger partial charge in [-0.2, -0.15) is 39.5 Å². The Kier molecular flexibility index (Phi) is 5.29. The van der Waals surface area contributed by atoms with Crippen LogP contribution < -0.4 is 4.90 Å². The highest BCUT2D eigenvalue weighted by atomic mass is 19.4. The van der Waals surface area contributed by atoms with E-state index in [1.165, 1.54) is 11.0 Å². The molecule has 33 heavy (non-hydrogen) atoms. The van der Waals surface area contributed by atoms with E-state index in [2.05, 4.69) is 4.98 Å². The minimum Gasteiger partial charge on any atom is -0.355 e. The van der Waals surface area contributed by atoms with Crippen LogP contribution >= 0.6 is 0 Å². The SMILES string of the molecule is FC(F)(F)c1cc(C(F)(F)F)cc(C2(C(F)(F)F)CCN(c3ccc4ccccc4n3)C2)c1. The largest absolute Gasteiger partial charge is 0.416 e. The number of aromatic nitrogens is 1. The van der Waals surface area contributed by atoms with Crippen molar-refractivity contribution in [1.29, 1.82) is 0 Å². The molecule has 1 unspecified atom stereocenters. The fourth-order valence-corrected chi connectivity index (χ4v) is 4.10. The van der Waals surface area contributed by atoms with Crippen molar-refractivity contribution in [3.8, 4) is 0 Å². The monoisotopic (exact) mass is 478 g/mol. The average molecular weight is 478 g/mol. The molecular formula is C22H15F9N2. The maximum absolute atomic E-state index is 14.3. The molecule has 4 rings (SSSR count). The summed E-state index contributed by atoms with van der Waals surface area (Å²) in [6.45, 7) is -1.11. The first-order valence-electron chi connectivity index (χ1n) is 9.68. The van der Waals surface area contributed by atoms with Gasteiger partial charge in [0.2, 0.25) is 0 Å². The second-order valence-electron chi connectivity index (χ2n) is 7.91. The highest BCUT2D eigenvalue weighted by molar-refractivity contribution is 5.80. The van der Waals surface area contributed by atoms with E-state index in [4.69, 9.17) is 0 Å². The Balaban J connectivity index is 1.82. The van der Waals surface area contributed by atoms with Crippen LogP contribution in [-0.4, -0.2) is 24.2 Å². The molecule has 0 N–H and O–H groups in total. The van der Waals surface area contributed by atoms with Crippen molar-refractivity contribution in [2.75, 3.05) is 18.0 Å². The maximum atomic E-state index is 14.3. The predicted octanol–water partition coefficient (Wildman–Crippen LogP) is 6.98. The van der Waals surface area contributed by atoms with Crippen LogP contribution in [0.2, 0.25) is 0 Å². The van der Waals surface area contributed by atoms with Gasteiger partial charge in [0.25, 0.3) is 0 Å². The van der Waals surface area contributed by atoms with Crippen LogP contribution in [0.25, 0.3) is 10.9 Å². The Morgan fingerprint density at radius 2 is 1.36 bits per heavy atom. The molecule has 1 aliphatic heterocycles. The number of pyridine rings is 1. The van der Waals surface area contributed by atoms with Gasteiger partial charge < -0.3 is 4.90 Å². The zero-order valence-electron chi connectivity index (χ0n) is 16.6. The van der Waals surface area contributed by atoms with Gasteiger partial charge in [-0.15, -0.1) is 0 Å². The summed E-state index contributed by atoms with van der Waals surface area (Å²) in [4.78, 5) is 5.54. The molecule has 0 radical (unpaired) electrons. The predicted molar refractivity (Wildman–Crippen MR) is 103 cm³/mol. The third-order valence-electron chi connectivity index (χ3n) is 5.86. The first kappa shape index (κ1) is 23.2. The number of hydrogen-bond donors (Lipinski definition) is 0. The van der Waals surface area contributed by atoms with Crippen molar-refractivity contribution in [3.05, 3.63) is 71.3 Å². The van der Waals surface area contributed by atoms with Crippen molar-refractivity contribution in [1.82, 2.24) is 4.98 Å². The summed E-state index contributed by atoms with van der Waals surface area (Å²) in [6.07, 6.45) is -16.3. The van der Waals surface area contributed by atoms with Gasteiger partial charge >= 0.3 is 18.5 Å². The number of para-hydroxylation sites is 1. The molecule has 1 fully saturated rings. The molecule has 0 saturated carbocycles. The summed E-state index contributed by atoms with van der Waals surface area (Å²) in [5.74, 6) is 0.155. The minimum atomic E-state index is -5.25. The van der Waals surface area contributed by atoms with Gasteiger partial charge in [-0.05, 0) is 48.4 Å². The number of fused-ring (bicyclic) bond motifs is 1. The summed E-state index contributed by atoms with van der Waals surface area (Å²) in [6, 6.07) is 10.1. The highest BCUT2D eigenvalue weighted by Gasteiger charge is 2.60. The zero-order chi connectivity index (χ0) is 24.2. The van der Waals surface area contributed by atoms with E-state index in [1.807, 2.05) is 0 Å². The minimum absolute atomic E-state index is 0.155. The number of anilines is 1. The number of rotatable bonds is 2. The molecule has 1 aromatic heterocycles. The number of alkyl halides is 9. The molecule has 1 saturated heterocycles. The lowest BCUT2D eigenvalue weighted by Crippen LogP contribution is -2.45. The molecule has 176 valence electrons. The van der Waals surface area contributed by atoms with Crippen LogP contribution in [0.4, 0.5) is 45.3 Å². The van der Waals surface area contributed by atoms with Crippen LogP contribution in [-0.2, 0) is 17.8 Å². The van der Waals surface area contributed by atoms with Gasteiger partial charge in [0.05, 0.1) is 16.6 Å². The summed E-state index contributed by atoms with van der Waals surface area (Å²) in [7, 11) is 0. The molecule has 0 aliphatic carbocycles. The second-order valence-corrected chi connectivity index (χ2v) is 7.91. The maximum Gasteiger partial charge on any atom is 0.416 e. The van der Waals surface area contributed by atoms with E-state index >= 15 is 0 Å². The number of nitrogens with zero attached hydrogens (tertiary/aromatic N) is 2. The standard InChI is InChI=1S/C22H15F9N2/c23-20(24,25)15-9-14(10-16(11-15)21(26,27)28)19(22(29,30)31)7-8-33(12-19)18-6-5-13-3-1-2-4-17(13)32-18/h1-6,9-11H,7-8,12H2. The molecular weight excluding hydrogens is 463 g/mol. The van der Waals surface area contributed by atoms with Crippen molar-refractivity contribution in [2.24, 2.45) is 0 Å². The van der Waals surface area contributed by atoms with Gasteiger partial charge in [-0.3, -0.25) is 0 Å². The van der Waals surface area contributed by atoms with Gasteiger partial charge in [-0.25, -0.2) is 4.98 Å². The molecule has 3 aromatic rings. The van der Waals surface area contributed by atoms with E-state index in [-0.39, 0.29) is 30.6 Å². The van der Waals surface area contributed by atoms with Crippen molar-refractivity contribution >= 4 is 16.7 Å². The van der Waals surface area contributed by atoms with Crippen LogP contribution in [0.15, 0.2) is 54.6 Å². The smallest absolute Gasteiger partial charge is 0.355 e. The summed E-state index contributed by atoms with van der Waals surface area (Å²) < 4.78 is 122.